The summed E-state index contributed by atoms with van der Waals surface area (Å²) in [6.07, 6.45) is 0.0396. The maximum absolute atomic E-state index is 14.5. The number of hydrogen-bond donors (Lipinski definition) is 0. The smallest absolute Gasteiger partial charge is 0.231 e. The third-order valence-electron chi connectivity index (χ3n) is 4.38. The van der Waals surface area contributed by atoms with E-state index in [1.807, 2.05) is 6.07 Å². The molecule has 1 amide bonds. The van der Waals surface area contributed by atoms with E-state index in [9.17, 15) is 18.4 Å². The first-order chi connectivity index (χ1) is 15.0. The molecule has 31 heavy (non-hydrogen) atoms. The molecule has 0 aromatic heterocycles. The summed E-state index contributed by atoms with van der Waals surface area (Å²) in [7, 11) is 1.32. The van der Waals surface area contributed by atoms with Gasteiger partial charge in [0.15, 0.2) is 5.78 Å². The first-order valence-corrected chi connectivity index (χ1v) is 10.0. The minimum Gasteiger partial charge on any atom is -0.304 e. The summed E-state index contributed by atoms with van der Waals surface area (Å²) in [6.45, 7) is -0.394. The Labute approximate surface area is 182 Å². The molecule has 0 aliphatic rings. The zero-order valence-corrected chi connectivity index (χ0v) is 17.4. The number of ketones is 1. The van der Waals surface area contributed by atoms with E-state index in [1.165, 1.54) is 48.4 Å². The molecule has 3 aromatic rings. The van der Waals surface area contributed by atoms with Gasteiger partial charge >= 0.3 is 0 Å². The van der Waals surface area contributed by atoms with Crippen LogP contribution in [-0.2, 0) is 20.4 Å². The van der Waals surface area contributed by atoms with E-state index in [0.29, 0.717) is 10.6 Å². The molecule has 3 rings (SSSR count). The summed E-state index contributed by atoms with van der Waals surface area (Å²) in [6, 6.07) is 18.2. The quantitative estimate of drug-likeness (QED) is 0.201. The third-order valence-corrected chi connectivity index (χ3v) is 5.03. The van der Waals surface area contributed by atoms with Crippen molar-refractivity contribution in [1.82, 2.24) is 0 Å². The number of nitrogens with zero attached hydrogens (tertiary/aromatic N) is 1. The lowest BCUT2D eigenvalue weighted by atomic mass is 10.1. The van der Waals surface area contributed by atoms with E-state index in [0.717, 1.165) is 23.7 Å². The third kappa shape index (κ3) is 6.21. The summed E-state index contributed by atoms with van der Waals surface area (Å²) in [5, 5.41) is 0. The number of carbonyl (C=O) groups excluding carboxylic acids is 2. The first-order valence-electron chi connectivity index (χ1n) is 9.28. The second kappa shape index (κ2) is 10.8. The van der Waals surface area contributed by atoms with Crippen molar-refractivity contribution in [3.63, 3.8) is 0 Å². The van der Waals surface area contributed by atoms with Crippen molar-refractivity contribution in [2.24, 2.45) is 0 Å². The highest BCUT2D eigenvalue weighted by molar-refractivity contribution is 7.94. The zero-order valence-electron chi connectivity index (χ0n) is 16.6. The van der Waals surface area contributed by atoms with E-state index < -0.39 is 24.0 Å². The van der Waals surface area contributed by atoms with Gasteiger partial charge in [-0.2, -0.15) is 4.33 Å². The van der Waals surface area contributed by atoms with Crippen molar-refractivity contribution in [2.45, 2.75) is 11.3 Å². The maximum atomic E-state index is 14.5. The molecular formula is C23H19F2NO4S. The number of rotatable bonds is 9. The fourth-order valence-electron chi connectivity index (χ4n) is 2.89. The fourth-order valence-corrected chi connectivity index (χ4v) is 3.31. The number of Topliss-reactive ketones (excluding diaryl/α,β-unsaturated/α-hetero) is 1. The summed E-state index contributed by atoms with van der Waals surface area (Å²) in [5.41, 5.74) is 0.941. The van der Waals surface area contributed by atoms with Crippen molar-refractivity contribution in [3.05, 3.63) is 95.6 Å². The van der Waals surface area contributed by atoms with Gasteiger partial charge in [0, 0.05) is 10.6 Å². The van der Waals surface area contributed by atoms with Crippen LogP contribution < -0.4 is 4.90 Å². The van der Waals surface area contributed by atoms with Crippen molar-refractivity contribution >= 4 is 29.4 Å². The number of carbonyl (C=O) groups is 2. The Morgan fingerprint density at radius 3 is 2.32 bits per heavy atom. The standard InChI is InChI=1S/C23H19F2NO4S/c1-29-30-31-19-11-12-20(21(25)14-19)22(27)15-26(18-9-7-17(24)8-10-18)23(28)13-16-5-3-2-4-6-16/h2-12,14H,13,15H2,1H3. The monoisotopic (exact) mass is 443 g/mol. The highest BCUT2D eigenvalue weighted by atomic mass is 32.2. The van der Waals surface area contributed by atoms with Gasteiger partial charge in [-0.3, -0.25) is 9.59 Å². The van der Waals surface area contributed by atoms with Gasteiger partial charge in [-0.25, -0.2) is 13.7 Å². The average molecular weight is 443 g/mol. The Hall–Kier alpha value is -3.07. The summed E-state index contributed by atoms with van der Waals surface area (Å²) in [5.74, 6) is -2.17. The van der Waals surface area contributed by atoms with Gasteiger partial charge in [-0.1, -0.05) is 30.3 Å². The Bertz CT molecular complexity index is 1050. The van der Waals surface area contributed by atoms with Crippen LogP contribution in [0.15, 0.2) is 77.7 Å². The number of amides is 1. The lowest BCUT2D eigenvalue weighted by Crippen LogP contribution is -2.37. The molecule has 0 N–H and O–H groups in total. The molecule has 0 saturated carbocycles. The van der Waals surface area contributed by atoms with E-state index in [2.05, 4.69) is 9.22 Å². The lowest BCUT2D eigenvalue weighted by molar-refractivity contribution is -0.160. The molecule has 0 fully saturated rings. The van der Waals surface area contributed by atoms with Gasteiger partial charge in [0.25, 0.3) is 0 Å². The normalized spacial score (nSPS) is 10.7. The van der Waals surface area contributed by atoms with Crippen LogP contribution in [0.2, 0.25) is 0 Å². The predicted octanol–water partition coefficient (Wildman–Crippen LogP) is 5.01. The van der Waals surface area contributed by atoms with Crippen LogP contribution in [0.1, 0.15) is 15.9 Å². The predicted molar refractivity (Wildman–Crippen MR) is 114 cm³/mol. The molecular weight excluding hydrogens is 424 g/mol. The van der Waals surface area contributed by atoms with E-state index >= 15 is 0 Å². The molecule has 0 heterocycles. The second-order valence-electron chi connectivity index (χ2n) is 6.50. The highest BCUT2D eigenvalue weighted by Gasteiger charge is 2.22. The van der Waals surface area contributed by atoms with Crippen LogP contribution >= 0.6 is 12.0 Å². The van der Waals surface area contributed by atoms with Crippen LogP contribution in [0.4, 0.5) is 14.5 Å². The summed E-state index contributed by atoms with van der Waals surface area (Å²) in [4.78, 5) is 31.9. The largest absolute Gasteiger partial charge is 0.304 e. The van der Waals surface area contributed by atoms with Crippen LogP contribution in [0, 0.1) is 11.6 Å². The first kappa shape index (κ1) is 22.6. The summed E-state index contributed by atoms with van der Waals surface area (Å²) >= 11 is 0.800. The fraction of sp³-hybridized carbons (Fsp3) is 0.130. The SMILES string of the molecule is COOSc1ccc(C(=O)CN(C(=O)Cc2ccccc2)c2ccc(F)cc2)c(F)c1. The zero-order chi connectivity index (χ0) is 22.2. The molecule has 3 aromatic carbocycles. The molecule has 0 bridgehead atoms. The van der Waals surface area contributed by atoms with Crippen molar-refractivity contribution in [3.8, 4) is 0 Å². The van der Waals surface area contributed by atoms with Gasteiger partial charge in [-0.05, 0) is 48.0 Å². The topological polar surface area (TPSA) is 55.8 Å². The van der Waals surface area contributed by atoms with Crippen LogP contribution in [0.5, 0.6) is 0 Å². The molecule has 0 unspecified atom stereocenters. The van der Waals surface area contributed by atoms with Gasteiger partial charge in [0.1, 0.15) is 11.6 Å². The van der Waals surface area contributed by atoms with Crippen LogP contribution in [-0.4, -0.2) is 25.3 Å². The van der Waals surface area contributed by atoms with Crippen LogP contribution in [0.25, 0.3) is 0 Å². The molecule has 160 valence electrons. The van der Waals surface area contributed by atoms with Gasteiger partial charge in [0.05, 0.1) is 37.7 Å². The van der Waals surface area contributed by atoms with E-state index in [4.69, 9.17) is 0 Å². The highest BCUT2D eigenvalue weighted by Crippen LogP contribution is 2.23. The number of hydrogen-bond acceptors (Lipinski definition) is 5. The van der Waals surface area contributed by atoms with Gasteiger partial charge < -0.3 is 4.90 Å². The van der Waals surface area contributed by atoms with E-state index in [-0.39, 0.29) is 17.9 Å². The van der Waals surface area contributed by atoms with Crippen molar-refractivity contribution in [2.75, 3.05) is 18.6 Å². The van der Waals surface area contributed by atoms with Crippen molar-refractivity contribution in [1.29, 1.82) is 0 Å². The van der Waals surface area contributed by atoms with Gasteiger partial charge in [-0.15, -0.1) is 0 Å². The molecule has 0 atom stereocenters. The minimum absolute atomic E-state index is 0.0396. The minimum atomic E-state index is -0.746. The molecule has 0 spiro atoms. The van der Waals surface area contributed by atoms with Gasteiger partial charge in [0.2, 0.25) is 5.91 Å². The molecule has 0 aliphatic heterocycles. The Balaban J connectivity index is 1.83. The number of halogens is 2. The lowest BCUT2D eigenvalue weighted by Gasteiger charge is -2.22. The Morgan fingerprint density at radius 1 is 0.968 bits per heavy atom. The number of anilines is 1. The second-order valence-corrected chi connectivity index (χ2v) is 7.28. The van der Waals surface area contributed by atoms with Crippen molar-refractivity contribution < 1.29 is 27.6 Å². The molecule has 0 aliphatic carbocycles. The molecule has 5 nitrogen and oxygen atoms in total. The van der Waals surface area contributed by atoms with Crippen LogP contribution in [0.3, 0.4) is 0 Å². The molecule has 0 radical (unpaired) electrons. The summed E-state index contributed by atoms with van der Waals surface area (Å²) < 4.78 is 32.5. The van der Waals surface area contributed by atoms with E-state index in [1.54, 1.807) is 24.3 Å². The average Bonchev–Trinajstić information content (AvgIpc) is 2.77. The Kier molecular flexibility index (Phi) is 7.88. The molecule has 0 saturated heterocycles. The Morgan fingerprint density at radius 2 is 1.68 bits per heavy atom. The maximum Gasteiger partial charge on any atom is 0.231 e. The number of benzene rings is 3. The molecule has 8 heteroatoms.